The number of hydrogen-bond donors (Lipinski definition) is 1. The van der Waals surface area contributed by atoms with Gasteiger partial charge in [-0.3, -0.25) is 0 Å². The first kappa shape index (κ1) is 11.4. The van der Waals surface area contributed by atoms with E-state index in [0.717, 1.165) is 16.5 Å². The van der Waals surface area contributed by atoms with Crippen LogP contribution in [0.3, 0.4) is 0 Å². The second kappa shape index (κ2) is 4.25. The van der Waals surface area contributed by atoms with E-state index in [4.69, 9.17) is 0 Å². The molecular formula is C9H13NO2S2. The second-order valence-corrected chi connectivity index (χ2v) is 5.77. The van der Waals surface area contributed by atoms with Gasteiger partial charge in [-0.15, -0.1) is 11.3 Å². The van der Waals surface area contributed by atoms with Crippen molar-refractivity contribution in [2.24, 2.45) is 0 Å². The van der Waals surface area contributed by atoms with Gasteiger partial charge in [0.15, 0.2) is 0 Å². The lowest BCUT2D eigenvalue weighted by atomic mass is 10.2. The minimum Gasteiger partial charge on any atom is -0.208 e. The topological polar surface area (TPSA) is 46.2 Å². The highest BCUT2D eigenvalue weighted by Gasteiger charge is 2.07. The van der Waals surface area contributed by atoms with Gasteiger partial charge in [-0.05, 0) is 30.4 Å². The largest absolute Gasteiger partial charge is 0.233 e. The molecule has 0 unspecified atom stereocenters. The summed E-state index contributed by atoms with van der Waals surface area (Å²) in [5.41, 5.74) is 2.18. The van der Waals surface area contributed by atoms with Gasteiger partial charge in [0.05, 0.1) is 0 Å². The minimum atomic E-state index is -3.31. The summed E-state index contributed by atoms with van der Waals surface area (Å²) >= 11 is 1.63. The molecule has 0 saturated carbocycles. The number of hydrogen-bond acceptors (Lipinski definition) is 3. The van der Waals surface area contributed by atoms with Crippen molar-refractivity contribution >= 4 is 21.4 Å². The Hall–Kier alpha value is -0.650. The molecule has 1 N–H and O–H groups in total. The molecular weight excluding hydrogens is 218 g/mol. The molecule has 0 aromatic carbocycles. The molecule has 1 rings (SSSR count). The zero-order valence-corrected chi connectivity index (χ0v) is 9.83. The van der Waals surface area contributed by atoms with Crippen LogP contribution in [0.15, 0.2) is 17.4 Å². The third kappa shape index (κ3) is 2.67. The van der Waals surface area contributed by atoms with Crippen LogP contribution < -0.4 is 4.72 Å². The highest BCUT2D eigenvalue weighted by molar-refractivity contribution is 7.92. The average molecular weight is 231 g/mol. The van der Waals surface area contributed by atoms with Crippen LogP contribution in [-0.4, -0.2) is 8.42 Å². The van der Waals surface area contributed by atoms with Gasteiger partial charge in [-0.1, -0.05) is 6.58 Å². The number of aryl methyl sites for hydroxylation is 1. The highest BCUT2D eigenvalue weighted by Crippen LogP contribution is 2.20. The number of nitrogens with one attached hydrogen (secondary N) is 1. The molecule has 0 aliphatic rings. The van der Waals surface area contributed by atoms with Gasteiger partial charge in [0, 0.05) is 16.8 Å². The SMILES string of the molecule is C=CS(=O)(=O)NCc1csc(C)c1C. The van der Waals surface area contributed by atoms with Gasteiger partial charge in [0.2, 0.25) is 10.0 Å². The first-order valence-corrected chi connectivity index (χ1v) is 6.54. The molecule has 14 heavy (non-hydrogen) atoms. The summed E-state index contributed by atoms with van der Waals surface area (Å²) in [6, 6.07) is 0. The quantitative estimate of drug-likeness (QED) is 0.860. The Kier molecular flexibility index (Phi) is 3.47. The molecule has 0 amide bonds. The van der Waals surface area contributed by atoms with Gasteiger partial charge in [-0.2, -0.15) is 0 Å². The first-order chi connectivity index (χ1) is 6.46. The van der Waals surface area contributed by atoms with Crippen molar-refractivity contribution in [1.29, 1.82) is 0 Å². The smallest absolute Gasteiger partial charge is 0.208 e. The van der Waals surface area contributed by atoms with Crippen LogP contribution >= 0.6 is 11.3 Å². The van der Waals surface area contributed by atoms with E-state index in [1.807, 2.05) is 19.2 Å². The molecule has 78 valence electrons. The van der Waals surface area contributed by atoms with Crippen LogP contribution in [0.5, 0.6) is 0 Å². The van der Waals surface area contributed by atoms with E-state index in [1.54, 1.807) is 11.3 Å². The molecule has 3 nitrogen and oxygen atoms in total. The summed E-state index contributed by atoms with van der Waals surface area (Å²) in [5.74, 6) is 0. The fourth-order valence-corrected chi connectivity index (χ4v) is 2.34. The third-order valence-corrected chi connectivity index (χ3v) is 4.12. The third-order valence-electron chi connectivity index (χ3n) is 2.07. The second-order valence-electron chi connectivity index (χ2n) is 2.97. The van der Waals surface area contributed by atoms with Crippen molar-refractivity contribution in [1.82, 2.24) is 4.72 Å². The average Bonchev–Trinajstić information content (AvgIpc) is 2.45. The van der Waals surface area contributed by atoms with E-state index in [2.05, 4.69) is 11.3 Å². The molecule has 1 aromatic heterocycles. The molecule has 0 radical (unpaired) electrons. The summed E-state index contributed by atoms with van der Waals surface area (Å²) < 4.78 is 24.6. The fourth-order valence-electron chi connectivity index (χ4n) is 0.974. The minimum absolute atomic E-state index is 0.338. The molecule has 0 spiro atoms. The van der Waals surface area contributed by atoms with Crippen molar-refractivity contribution in [3.05, 3.63) is 33.4 Å². The van der Waals surface area contributed by atoms with Gasteiger partial charge < -0.3 is 0 Å². The van der Waals surface area contributed by atoms with Gasteiger partial charge >= 0.3 is 0 Å². The Balaban J connectivity index is 2.72. The van der Waals surface area contributed by atoms with Crippen molar-refractivity contribution in [3.8, 4) is 0 Å². The lowest BCUT2D eigenvalue weighted by Crippen LogP contribution is -2.20. The Bertz CT molecular complexity index is 432. The molecule has 0 bridgehead atoms. The summed E-state index contributed by atoms with van der Waals surface area (Å²) in [6.07, 6.45) is 0. The zero-order chi connectivity index (χ0) is 10.8. The predicted molar refractivity (Wildman–Crippen MR) is 59.7 cm³/mol. The summed E-state index contributed by atoms with van der Waals surface area (Å²) in [6.45, 7) is 7.57. The number of sulfonamides is 1. The Labute approximate surface area is 88.5 Å². The van der Waals surface area contributed by atoms with Crippen molar-refractivity contribution in [2.75, 3.05) is 0 Å². The molecule has 0 aliphatic heterocycles. The van der Waals surface area contributed by atoms with Crippen LogP contribution in [0.2, 0.25) is 0 Å². The van der Waals surface area contributed by atoms with Crippen LogP contribution in [0.1, 0.15) is 16.0 Å². The molecule has 1 aromatic rings. The molecule has 0 fully saturated rings. The zero-order valence-electron chi connectivity index (χ0n) is 8.20. The predicted octanol–water partition coefficient (Wildman–Crippen LogP) is 1.93. The van der Waals surface area contributed by atoms with Gasteiger partial charge in [0.25, 0.3) is 0 Å². The van der Waals surface area contributed by atoms with E-state index in [9.17, 15) is 8.42 Å². The summed E-state index contributed by atoms with van der Waals surface area (Å²) in [7, 11) is -3.31. The number of thiophene rings is 1. The highest BCUT2D eigenvalue weighted by atomic mass is 32.2. The Morgan fingerprint density at radius 1 is 1.57 bits per heavy atom. The maximum Gasteiger partial charge on any atom is 0.233 e. The Morgan fingerprint density at radius 3 is 2.64 bits per heavy atom. The monoisotopic (exact) mass is 231 g/mol. The lowest BCUT2D eigenvalue weighted by molar-refractivity contribution is 0.590. The van der Waals surface area contributed by atoms with Gasteiger partial charge in [-0.25, -0.2) is 13.1 Å². The summed E-state index contributed by atoms with van der Waals surface area (Å²) in [4.78, 5) is 1.22. The lowest BCUT2D eigenvalue weighted by Gasteiger charge is -2.01. The van der Waals surface area contributed by atoms with E-state index >= 15 is 0 Å². The number of rotatable bonds is 4. The normalized spacial score (nSPS) is 11.6. The van der Waals surface area contributed by atoms with Crippen LogP contribution in [-0.2, 0) is 16.6 Å². The van der Waals surface area contributed by atoms with Crippen LogP contribution in [0, 0.1) is 13.8 Å². The molecule has 1 heterocycles. The van der Waals surface area contributed by atoms with E-state index in [-0.39, 0.29) is 0 Å². The van der Waals surface area contributed by atoms with Crippen molar-refractivity contribution in [3.63, 3.8) is 0 Å². The summed E-state index contributed by atoms with van der Waals surface area (Å²) in [5, 5.41) is 2.89. The van der Waals surface area contributed by atoms with Crippen molar-refractivity contribution in [2.45, 2.75) is 20.4 Å². The fraction of sp³-hybridized carbons (Fsp3) is 0.333. The maximum atomic E-state index is 11.1. The molecule has 0 aliphatic carbocycles. The Morgan fingerprint density at radius 2 is 2.21 bits per heavy atom. The molecule has 0 atom stereocenters. The first-order valence-electron chi connectivity index (χ1n) is 4.12. The molecule has 0 saturated heterocycles. The van der Waals surface area contributed by atoms with E-state index in [0.29, 0.717) is 6.54 Å². The maximum absolute atomic E-state index is 11.1. The van der Waals surface area contributed by atoms with E-state index in [1.165, 1.54) is 4.88 Å². The standard InChI is InChI=1S/C9H13NO2S2/c1-4-14(11,12)10-5-9-6-13-8(3)7(9)2/h4,6,10H,1,5H2,2-3H3. The van der Waals surface area contributed by atoms with Crippen LogP contribution in [0.25, 0.3) is 0 Å². The van der Waals surface area contributed by atoms with Gasteiger partial charge in [0.1, 0.15) is 0 Å². The van der Waals surface area contributed by atoms with E-state index < -0.39 is 10.0 Å². The van der Waals surface area contributed by atoms with Crippen molar-refractivity contribution < 1.29 is 8.42 Å². The molecule has 5 heteroatoms. The van der Waals surface area contributed by atoms with Crippen LogP contribution in [0.4, 0.5) is 0 Å².